The minimum Gasteiger partial charge on any atom is -0.485 e. The smallest absolute Gasteiger partial charge is 0.322 e. The van der Waals surface area contributed by atoms with Crippen molar-refractivity contribution in [2.24, 2.45) is 0 Å². The summed E-state index contributed by atoms with van der Waals surface area (Å²) >= 11 is 3.69. The van der Waals surface area contributed by atoms with Crippen LogP contribution < -0.4 is 20.9 Å². The number of fused-ring (bicyclic) bond motifs is 1. The van der Waals surface area contributed by atoms with Gasteiger partial charge < -0.3 is 30.2 Å². The molecular weight excluding hydrogens is 557 g/mol. The van der Waals surface area contributed by atoms with E-state index in [9.17, 15) is 0 Å². The van der Waals surface area contributed by atoms with Gasteiger partial charge in [0.1, 0.15) is 29.2 Å². The van der Waals surface area contributed by atoms with E-state index in [1.807, 2.05) is 6.07 Å². The lowest BCUT2D eigenvalue weighted by Crippen LogP contribution is -2.38. The molecule has 38 heavy (non-hydrogen) atoms. The number of hydrogen-bond donors (Lipinski definition) is 2. The monoisotopic (exact) mass is 577 g/mol. The number of rotatable bonds is 6. The quantitative estimate of drug-likeness (QED) is 0.272. The highest BCUT2D eigenvalue weighted by molar-refractivity contribution is 9.10. The van der Waals surface area contributed by atoms with Crippen LogP contribution in [0.2, 0.25) is 0 Å². The highest BCUT2D eigenvalue weighted by atomic mass is 79.9. The second-order valence-corrected chi connectivity index (χ2v) is 9.48. The largest absolute Gasteiger partial charge is 0.485 e. The predicted octanol–water partition coefficient (Wildman–Crippen LogP) is 4.82. The van der Waals surface area contributed by atoms with E-state index in [2.05, 4.69) is 35.9 Å². The number of ether oxygens (including phenoxy) is 3. The molecule has 3 aromatic heterocycles. The molecule has 0 amide bonds. The van der Waals surface area contributed by atoms with Gasteiger partial charge in [-0.25, -0.2) is 24.3 Å². The van der Waals surface area contributed by atoms with Gasteiger partial charge in [-0.2, -0.15) is 0 Å². The average molecular weight is 578 g/mol. The first-order valence-corrected chi connectivity index (χ1v) is 12.4. The molecule has 0 saturated carbocycles. The Labute approximate surface area is 224 Å². The highest BCUT2D eigenvalue weighted by Gasteiger charge is 2.27. The first kappa shape index (κ1) is 24.1. The Kier molecular flexibility index (Phi) is 6.04. The molecule has 0 spiro atoms. The van der Waals surface area contributed by atoms with E-state index in [-0.39, 0.29) is 23.7 Å². The third-order valence-corrected chi connectivity index (χ3v) is 6.77. The molecule has 4 heterocycles. The molecule has 12 heteroatoms. The molecule has 2 aromatic carbocycles. The van der Waals surface area contributed by atoms with Crippen molar-refractivity contribution in [3.05, 3.63) is 71.0 Å². The van der Waals surface area contributed by atoms with Crippen LogP contribution in [0.3, 0.4) is 0 Å². The van der Waals surface area contributed by atoms with Gasteiger partial charge in [0.25, 0.3) is 0 Å². The van der Waals surface area contributed by atoms with Gasteiger partial charge in [-0.1, -0.05) is 0 Å². The number of aromatic nitrogens is 5. The molecule has 1 aliphatic rings. The number of halogens is 2. The summed E-state index contributed by atoms with van der Waals surface area (Å²) in [5, 5.41) is 0. The van der Waals surface area contributed by atoms with Gasteiger partial charge in [-0.05, 0) is 53.2 Å². The van der Waals surface area contributed by atoms with E-state index in [1.54, 1.807) is 42.0 Å². The highest BCUT2D eigenvalue weighted by Crippen LogP contribution is 2.45. The molecule has 1 saturated heterocycles. The van der Waals surface area contributed by atoms with Gasteiger partial charge in [0.15, 0.2) is 17.4 Å². The summed E-state index contributed by atoms with van der Waals surface area (Å²) in [6.45, 7) is 2.76. The van der Waals surface area contributed by atoms with Crippen LogP contribution in [0, 0.1) is 12.7 Å². The Morgan fingerprint density at radius 2 is 1.89 bits per heavy atom. The van der Waals surface area contributed by atoms with Gasteiger partial charge in [-0.15, -0.1) is 0 Å². The first-order chi connectivity index (χ1) is 18.4. The topological polar surface area (TPSA) is 136 Å². The molecule has 0 bridgehead atoms. The van der Waals surface area contributed by atoms with E-state index >= 15 is 4.39 Å². The molecule has 0 aliphatic carbocycles. The molecule has 1 fully saturated rings. The lowest BCUT2D eigenvalue weighted by atomic mass is 10.1. The maximum Gasteiger partial charge on any atom is 0.322 e. The molecule has 6 rings (SSSR count). The number of benzene rings is 2. The van der Waals surface area contributed by atoms with Crippen molar-refractivity contribution in [1.29, 1.82) is 0 Å². The van der Waals surface area contributed by atoms with Gasteiger partial charge in [0, 0.05) is 41.0 Å². The molecule has 1 aliphatic heterocycles. The van der Waals surface area contributed by atoms with Crippen LogP contribution in [0.4, 0.5) is 15.9 Å². The van der Waals surface area contributed by atoms with Crippen LogP contribution in [0.1, 0.15) is 5.69 Å². The van der Waals surface area contributed by atoms with Crippen LogP contribution in [0.5, 0.6) is 17.5 Å². The zero-order valence-corrected chi connectivity index (χ0v) is 21.6. The summed E-state index contributed by atoms with van der Waals surface area (Å²) in [5.74, 6) is 0.127. The number of hydrogen-bond acceptors (Lipinski definition) is 9. The van der Waals surface area contributed by atoms with Crippen molar-refractivity contribution in [1.82, 2.24) is 24.5 Å². The predicted molar refractivity (Wildman–Crippen MR) is 143 cm³/mol. The molecule has 0 atom stereocenters. The summed E-state index contributed by atoms with van der Waals surface area (Å²) in [4.78, 5) is 16.8. The fraction of sp³-hybridized carbons (Fsp3) is 0.154. The molecular formula is C26H21BrFN7O3. The molecule has 192 valence electrons. The standard InChI is InChI=1S/C26H21BrFN7O3/c1-13-6-7-31-26(34-13)38-19-5-3-15(9-18(19)28)35-23(21(27)22-24(35)25(30)33-12-32-22)17-4-2-14(29)8-20(17)37-16-10-36-11-16/h2-9,12,16H,10-11,29H2,1H3,(H2,30,32,33). The minimum atomic E-state index is -0.618. The van der Waals surface area contributed by atoms with Crippen LogP contribution in [-0.2, 0) is 4.74 Å². The van der Waals surface area contributed by atoms with Gasteiger partial charge in [-0.3, -0.25) is 0 Å². The van der Waals surface area contributed by atoms with E-state index in [0.717, 1.165) is 0 Å². The average Bonchev–Trinajstić information content (AvgIpc) is 3.16. The van der Waals surface area contributed by atoms with E-state index in [1.165, 1.54) is 18.5 Å². The fourth-order valence-corrected chi connectivity index (χ4v) is 4.85. The second-order valence-electron chi connectivity index (χ2n) is 8.68. The molecule has 0 radical (unpaired) electrons. The summed E-state index contributed by atoms with van der Waals surface area (Å²) in [7, 11) is 0. The number of nitrogens with zero attached hydrogens (tertiary/aromatic N) is 5. The second kappa shape index (κ2) is 9.54. The molecule has 10 nitrogen and oxygen atoms in total. The molecule has 0 unspecified atom stereocenters. The number of anilines is 2. The summed E-state index contributed by atoms with van der Waals surface area (Å²) in [5.41, 5.74) is 16.5. The lowest BCUT2D eigenvalue weighted by Gasteiger charge is -2.28. The Morgan fingerprint density at radius 1 is 1.05 bits per heavy atom. The third kappa shape index (κ3) is 4.27. The van der Waals surface area contributed by atoms with Crippen molar-refractivity contribution >= 4 is 38.5 Å². The summed E-state index contributed by atoms with van der Waals surface area (Å²) in [6.07, 6.45) is 2.82. The third-order valence-electron chi connectivity index (χ3n) is 6.02. The van der Waals surface area contributed by atoms with Gasteiger partial charge in [0.05, 0.1) is 23.4 Å². The normalized spacial score (nSPS) is 13.4. The minimum absolute atomic E-state index is 0.0258. The van der Waals surface area contributed by atoms with Crippen molar-refractivity contribution in [3.63, 3.8) is 0 Å². The van der Waals surface area contributed by atoms with Crippen LogP contribution in [0.25, 0.3) is 28.0 Å². The first-order valence-electron chi connectivity index (χ1n) is 11.6. The van der Waals surface area contributed by atoms with Crippen LogP contribution >= 0.6 is 15.9 Å². The Hall–Kier alpha value is -4.29. The maximum atomic E-state index is 15.4. The zero-order valence-electron chi connectivity index (χ0n) is 20.1. The zero-order chi connectivity index (χ0) is 26.4. The maximum absolute atomic E-state index is 15.4. The molecule has 5 aromatic rings. The van der Waals surface area contributed by atoms with Crippen molar-refractivity contribution in [2.45, 2.75) is 13.0 Å². The fourth-order valence-electron chi connectivity index (χ4n) is 4.17. The Bertz CT molecular complexity index is 1690. The van der Waals surface area contributed by atoms with E-state index in [4.69, 9.17) is 25.7 Å². The van der Waals surface area contributed by atoms with Crippen LogP contribution in [0.15, 0.2) is 59.5 Å². The lowest BCUT2D eigenvalue weighted by molar-refractivity contribution is -0.0794. The van der Waals surface area contributed by atoms with E-state index < -0.39 is 5.82 Å². The number of nitrogen functional groups attached to an aromatic ring is 2. The Morgan fingerprint density at radius 3 is 2.63 bits per heavy atom. The van der Waals surface area contributed by atoms with Gasteiger partial charge in [0.2, 0.25) is 0 Å². The van der Waals surface area contributed by atoms with E-state index in [0.29, 0.717) is 62.8 Å². The van der Waals surface area contributed by atoms with Crippen LogP contribution in [-0.4, -0.2) is 43.8 Å². The SMILES string of the molecule is Cc1ccnc(Oc2ccc(-n3c(-c4ccc(N)cc4OC4COC4)c(Br)c4ncnc(N)c43)cc2F)n1. The number of nitrogens with two attached hydrogens (primary N) is 2. The van der Waals surface area contributed by atoms with Crippen molar-refractivity contribution in [2.75, 3.05) is 24.7 Å². The number of aryl methyl sites for hydroxylation is 1. The van der Waals surface area contributed by atoms with Crippen molar-refractivity contribution < 1.29 is 18.6 Å². The Balaban J connectivity index is 1.52. The summed E-state index contributed by atoms with van der Waals surface area (Å²) < 4.78 is 34.9. The summed E-state index contributed by atoms with van der Waals surface area (Å²) in [6, 6.07) is 11.7. The van der Waals surface area contributed by atoms with Crippen molar-refractivity contribution in [3.8, 4) is 34.5 Å². The molecule has 4 N–H and O–H groups in total. The van der Waals surface area contributed by atoms with Gasteiger partial charge >= 0.3 is 6.01 Å².